The van der Waals surface area contributed by atoms with E-state index in [4.69, 9.17) is 9.47 Å². The van der Waals surface area contributed by atoms with Crippen LogP contribution in [0.1, 0.15) is 21.5 Å². The lowest BCUT2D eigenvalue weighted by atomic mass is 10.1. The zero-order chi connectivity index (χ0) is 16.7. The molecule has 0 radical (unpaired) electrons. The summed E-state index contributed by atoms with van der Waals surface area (Å²) >= 11 is 0. The first-order valence-electron chi connectivity index (χ1n) is 7.63. The molecule has 0 N–H and O–H groups in total. The van der Waals surface area contributed by atoms with E-state index in [0.29, 0.717) is 25.3 Å². The highest BCUT2D eigenvalue weighted by molar-refractivity contribution is 5.94. The van der Waals surface area contributed by atoms with Gasteiger partial charge in [0.25, 0.3) is 5.91 Å². The minimum Gasteiger partial charge on any atom is -0.492 e. The fraction of sp³-hybridized carbons (Fsp3) is 0.316. The highest BCUT2D eigenvalue weighted by Crippen LogP contribution is 2.12. The number of ether oxygens (including phenoxy) is 2. The number of nitrogens with zero attached hydrogens (tertiary/aromatic N) is 1. The largest absolute Gasteiger partial charge is 0.492 e. The third kappa shape index (κ3) is 5.11. The first-order chi connectivity index (χ1) is 11.1. The Morgan fingerprint density at radius 2 is 1.87 bits per heavy atom. The van der Waals surface area contributed by atoms with E-state index in [-0.39, 0.29) is 5.91 Å². The maximum absolute atomic E-state index is 12.3. The topological polar surface area (TPSA) is 38.8 Å². The standard InChI is InChI=1S/C19H23NO3/c1-15-5-4-6-18(13-15)23-12-11-20(2)19(21)17-9-7-16(8-10-17)14-22-3/h4-10,13H,11-12,14H2,1-3H3. The van der Waals surface area contributed by atoms with E-state index >= 15 is 0 Å². The Balaban J connectivity index is 1.84. The molecule has 0 aliphatic heterocycles. The predicted octanol–water partition coefficient (Wildman–Crippen LogP) is 3.29. The van der Waals surface area contributed by atoms with Crippen LogP contribution in [0.15, 0.2) is 48.5 Å². The molecule has 0 spiro atoms. The molecule has 2 rings (SSSR count). The monoisotopic (exact) mass is 313 g/mol. The molecule has 0 fully saturated rings. The summed E-state index contributed by atoms with van der Waals surface area (Å²) in [5.74, 6) is 0.816. The Hall–Kier alpha value is -2.33. The van der Waals surface area contributed by atoms with Crippen LogP contribution in [0.4, 0.5) is 0 Å². The van der Waals surface area contributed by atoms with Crippen LogP contribution in [0.3, 0.4) is 0 Å². The number of benzene rings is 2. The summed E-state index contributed by atoms with van der Waals surface area (Å²) in [6.07, 6.45) is 0. The molecule has 0 bridgehead atoms. The second-order valence-electron chi connectivity index (χ2n) is 5.52. The minimum atomic E-state index is -0.0122. The van der Waals surface area contributed by atoms with Crippen molar-refractivity contribution in [3.63, 3.8) is 0 Å². The molecule has 0 heterocycles. The molecule has 0 saturated heterocycles. The highest BCUT2D eigenvalue weighted by Gasteiger charge is 2.11. The van der Waals surface area contributed by atoms with Gasteiger partial charge in [0, 0.05) is 19.7 Å². The fourth-order valence-electron chi connectivity index (χ4n) is 2.24. The quantitative estimate of drug-likeness (QED) is 0.787. The van der Waals surface area contributed by atoms with Crippen LogP contribution in [0.25, 0.3) is 0 Å². The Kier molecular flexibility index (Phi) is 6.18. The number of likely N-dealkylation sites (N-methyl/N-ethyl adjacent to an activating group) is 1. The molecule has 2 aromatic rings. The number of hydrogen-bond donors (Lipinski definition) is 0. The molecular formula is C19H23NO3. The van der Waals surface area contributed by atoms with Gasteiger partial charge in [-0.3, -0.25) is 4.79 Å². The first kappa shape index (κ1) is 17.0. The van der Waals surface area contributed by atoms with Crippen LogP contribution >= 0.6 is 0 Å². The molecule has 0 unspecified atom stereocenters. The van der Waals surface area contributed by atoms with E-state index in [1.54, 1.807) is 19.1 Å². The van der Waals surface area contributed by atoms with Crippen molar-refractivity contribution in [2.45, 2.75) is 13.5 Å². The molecule has 0 aliphatic carbocycles. The van der Waals surface area contributed by atoms with Gasteiger partial charge in [0.05, 0.1) is 13.2 Å². The van der Waals surface area contributed by atoms with E-state index in [2.05, 4.69) is 0 Å². The van der Waals surface area contributed by atoms with E-state index in [1.807, 2.05) is 55.5 Å². The van der Waals surface area contributed by atoms with Crippen molar-refractivity contribution in [2.75, 3.05) is 27.3 Å². The summed E-state index contributed by atoms with van der Waals surface area (Å²) in [6.45, 7) is 3.57. The zero-order valence-electron chi connectivity index (χ0n) is 13.9. The molecule has 0 aromatic heterocycles. The van der Waals surface area contributed by atoms with Crippen LogP contribution in [0.2, 0.25) is 0 Å². The van der Waals surface area contributed by atoms with Gasteiger partial charge in [0.1, 0.15) is 12.4 Å². The Labute approximate surface area is 137 Å². The number of methoxy groups -OCH3 is 1. The van der Waals surface area contributed by atoms with Gasteiger partial charge in [0.2, 0.25) is 0 Å². The summed E-state index contributed by atoms with van der Waals surface area (Å²) in [5, 5.41) is 0. The van der Waals surface area contributed by atoms with Gasteiger partial charge in [-0.1, -0.05) is 24.3 Å². The van der Waals surface area contributed by atoms with Crippen LogP contribution < -0.4 is 4.74 Å². The highest BCUT2D eigenvalue weighted by atomic mass is 16.5. The summed E-state index contributed by atoms with van der Waals surface area (Å²) in [5.41, 5.74) is 2.88. The number of hydrogen-bond acceptors (Lipinski definition) is 3. The molecule has 122 valence electrons. The third-order valence-corrected chi connectivity index (χ3v) is 3.54. The van der Waals surface area contributed by atoms with Gasteiger partial charge < -0.3 is 14.4 Å². The van der Waals surface area contributed by atoms with Crippen LogP contribution in [-0.4, -0.2) is 38.1 Å². The van der Waals surface area contributed by atoms with E-state index in [0.717, 1.165) is 16.9 Å². The number of carbonyl (C=O) groups excluding carboxylic acids is 1. The lowest BCUT2D eigenvalue weighted by Crippen LogP contribution is -2.30. The van der Waals surface area contributed by atoms with Crippen LogP contribution in [0, 0.1) is 6.92 Å². The molecule has 0 saturated carbocycles. The van der Waals surface area contributed by atoms with Gasteiger partial charge in [-0.2, -0.15) is 0 Å². The van der Waals surface area contributed by atoms with Crippen molar-refractivity contribution in [1.29, 1.82) is 0 Å². The maximum atomic E-state index is 12.3. The smallest absolute Gasteiger partial charge is 0.253 e. The molecule has 0 atom stereocenters. The average Bonchev–Trinajstić information content (AvgIpc) is 2.55. The van der Waals surface area contributed by atoms with E-state index < -0.39 is 0 Å². The van der Waals surface area contributed by atoms with Crippen LogP contribution in [-0.2, 0) is 11.3 Å². The van der Waals surface area contributed by atoms with Gasteiger partial charge >= 0.3 is 0 Å². The zero-order valence-corrected chi connectivity index (χ0v) is 13.9. The van der Waals surface area contributed by atoms with Crippen molar-refractivity contribution in [3.8, 4) is 5.75 Å². The van der Waals surface area contributed by atoms with Crippen LogP contribution in [0.5, 0.6) is 5.75 Å². The second kappa shape index (κ2) is 8.34. The normalized spacial score (nSPS) is 10.4. The molecule has 2 aromatic carbocycles. The summed E-state index contributed by atoms with van der Waals surface area (Å²) in [6, 6.07) is 15.4. The SMILES string of the molecule is COCc1ccc(C(=O)N(C)CCOc2cccc(C)c2)cc1. The minimum absolute atomic E-state index is 0.0122. The van der Waals surface area contributed by atoms with Crippen molar-refractivity contribution >= 4 is 5.91 Å². The molecule has 4 nitrogen and oxygen atoms in total. The number of carbonyl (C=O) groups is 1. The Morgan fingerprint density at radius 3 is 2.52 bits per heavy atom. The predicted molar refractivity (Wildman–Crippen MR) is 90.8 cm³/mol. The van der Waals surface area contributed by atoms with E-state index in [9.17, 15) is 4.79 Å². The Morgan fingerprint density at radius 1 is 1.13 bits per heavy atom. The van der Waals surface area contributed by atoms with Gasteiger partial charge in [0.15, 0.2) is 0 Å². The second-order valence-corrected chi connectivity index (χ2v) is 5.52. The van der Waals surface area contributed by atoms with Crippen molar-refractivity contribution in [3.05, 3.63) is 65.2 Å². The Bertz CT molecular complexity index is 637. The third-order valence-electron chi connectivity index (χ3n) is 3.54. The summed E-state index contributed by atoms with van der Waals surface area (Å²) in [4.78, 5) is 14.0. The first-order valence-corrected chi connectivity index (χ1v) is 7.63. The number of aryl methyl sites for hydroxylation is 1. The molecule has 23 heavy (non-hydrogen) atoms. The van der Waals surface area contributed by atoms with Gasteiger partial charge in [-0.15, -0.1) is 0 Å². The van der Waals surface area contributed by atoms with E-state index in [1.165, 1.54) is 0 Å². The van der Waals surface area contributed by atoms with Gasteiger partial charge in [-0.05, 0) is 42.3 Å². The van der Waals surface area contributed by atoms with Crippen molar-refractivity contribution in [1.82, 2.24) is 4.90 Å². The van der Waals surface area contributed by atoms with Crippen molar-refractivity contribution in [2.24, 2.45) is 0 Å². The lowest BCUT2D eigenvalue weighted by Gasteiger charge is -2.18. The summed E-state index contributed by atoms with van der Waals surface area (Å²) < 4.78 is 10.8. The maximum Gasteiger partial charge on any atom is 0.253 e. The molecule has 0 aliphatic rings. The fourth-order valence-corrected chi connectivity index (χ4v) is 2.24. The molecule has 1 amide bonds. The number of amides is 1. The lowest BCUT2D eigenvalue weighted by molar-refractivity contribution is 0.0773. The van der Waals surface area contributed by atoms with Crippen molar-refractivity contribution < 1.29 is 14.3 Å². The summed E-state index contributed by atoms with van der Waals surface area (Å²) in [7, 11) is 3.44. The molecule has 4 heteroatoms. The van der Waals surface area contributed by atoms with Gasteiger partial charge in [-0.25, -0.2) is 0 Å². The molecular weight excluding hydrogens is 290 g/mol. The average molecular weight is 313 g/mol. The number of rotatable bonds is 7.